The predicted octanol–water partition coefficient (Wildman–Crippen LogP) is 1.72. The Hall–Kier alpha value is -1.69. The Morgan fingerprint density at radius 1 is 1.39 bits per heavy atom. The fraction of sp³-hybridized carbons (Fsp3) is 0.333. The summed E-state index contributed by atoms with van der Waals surface area (Å²) in [7, 11) is 0. The molecule has 0 saturated heterocycles. The van der Waals surface area contributed by atoms with Crippen molar-refractivity contribution in [3.63, 3.8) is 0 Å². The van der Waals surface area contributed by atoms with Gasteiger partial charge < -0.3 is 10.4 Å². The number of hydrogen-bond donors (Lipinski definition) is 3. The van der Waals surface area contributed by atoms with Crippen LogP contribution in [0.25, 0.3) is 0 Å². The van der Waals surface area contributed by atoms with Crippen LogP contribution < -0.4 is 10.6 Å². The van der Waals surface area contributed by atoms with Gasteiger partial charge in [-0.1, -0.05) is 12.1 Å². The summed E-state index contributed by atoms with van der Waals surface area (Å²) in [6, 6.07) is 6.24. The molecular weight excluding hydrogens is 252 g/mol. The van der Waals surface area contributed by atoms with E-state index in [2.05, 4.69) is 10.6 Å². The second-order valence-electron chi connectivity index (χ2n) is 3.58. The van der Waals surface area contributed by atoms with Gasteiger partial charge in [-0.05, 0) is 26.0 Å². The van der Waals surface area contributed by atoms with Gasteiger partial charge in [0.05, 0.1) is 5.25 Å². The Balaban J connectivity index is 2.55. The summed E-state index contributed by atoms with van der Waals surface area (Å²) in [5.74, 6) is -0.269. The van der Waals surface area contributed by atoms with E-state index < -0.39 is 17.2 Å². The van der Waals surface area contributed by atoms with Crippen LogP contribution in [0.1, 0.15) is 13.8 Å². The Bertz CT molecular complexity index is 437. The molecule has 0 aliphatic carbocycles. The first-order valence-corrected chi connectivity index (χ1v) is 6.46. The number of para-hydroxylation sites is 1. The minimum Gasteiger partial charge on any atom is -0.507 e. The van der Waals surface area contributed by atoms with Crippen molar-refractivity contribution in [1.29, 1.82) is 0 Å². The van der Waals surface area contributed by atoms with Crippen molar-refractivity contribution < 1.29 is 14.7 Å². The van der Waals surface area contributed by atoms with Crippen molar-refractivity contribution in [3.8, 4) is 5.75 Å². The second kappa shape index (κ2) is 6.90. The number of carbonyl (C=O) groups is 2. The number of thioether (sulfide) groups is 1. The highest BCUT2D eigenvalue weighted by atomic mass is 32.2. The van der Waals surface area contributed by atoms with Crippen LogP contribution in [0.3, 0.4) is 0 Å². The number of carbonyl (C=O) groups excluding carboxylic acids is 2. The van der Waals surface area contributed by atoms with E-state index in [4.69, 9.17) is 0 Å². The average Bonchev–Trinajstić information content (AvgIpc) is 2.32. The third-order valence-electron chi connectivity index (χ3n) is 2.11. The highest BCUT2D eigenvalue weighted by molar-refractivity contribution is 8.00. The normalized spacial score (nSPS) is 11.7. The van der Waals surface area contributed by atoms with E-state index in [1.165, 1.54) is 11.8 Å². The molecule has 5 nitrogen and oxygen atoms in total. The highest BCUT2D eigenvalue weighted by Crippen LogP contribution is 2.30. The number of phenolic OH excluding ortho intramolecular Hbond substituents is 1. The van der Waals surface area contributed by atoms with Crippen molar-refractivity contribution in [3.05, 3.63) is 24.3 Å². The van der Waals surface area contributed by atoms with Crippen LogP contribution in [-0.2, 0) is 4.79 Å². The number of benzene rings is 1. The minimum atomic E-state index is -0.507. The number of aromatic hydroxyl groups is 1. The molecule has 3 amide bonds. The van der Waals surface area contributed by atoms with Gasteiger partial charge in [0.15, 0.2) is 0 Å². The zero-order valence-corrected chi connectivity index (χ0v) is 11.1. The van der Waals surface area contributed by atoms with Crippen LogP contribution in [0.15, 0.2) is 29.2 Å². The smallest absolute Gasteiger partial charge is 0.321 e. The molecule has 0 spiro atoms. The van der Waals surface area contributed by atoms with Crippen molar-refractivity contribution in [2.75, 3.05) is 6.54 Å². The molecular formula is C12H16N2O3S. The largest absolute Gasteiger partial charge is 0.507 e. The Morgan fingerprint density at radius 3 is 2.67 bits per heavy atom. The van der Waals surface area contributed by atoms with Crippen molar-refractivity contribution in [2.24, 2.45) is 0 Å². The van der Waals surface area contributed by atoms with Crippen molar-refractivity contribution in [2.45, 2.75) is 24.0 Å². The summed E-state index contributed by atoms with van der Waals surface area (Å²) >= 11 is 1.20. The molecule has 1 rings (SSSR count). The molecule has 0 fully saturated rings. The number of hydrogen-bond acceptors (Lipinski definition) is 4. The van der Waals surface area contributed by atoms with Crippen LogP contribution >= 0.6 is 11.8 Å². The molecule has 0 aromatic heterocycles. The van der Waals surface area contributed by atoms with Crippen LogP contribution in [0.2, 0.25) is 0 Å². The SMILES string of the molecule is CCNC(=O)NC(=O)C(C)Sc1ccccc1O. The molecule has 1 aromatic rings. The van der Waals surface area contributed by atoms with Crippen LogP contribution in [-0.4, -0.2) is 28.8 Å². The lowest BCUT2D eigenvalue weighted by atomic mass is 10.3. The minimum absolute atomic E-state index is 0.125. The van der Waals surface area contributed by atoms with Crippen molar-refractivity contribution >= 4 is 23.7 Å². The van der Waals surface area contributed by atoms with E-state index in [1.807, 2.05) is 0 Å². The third-order valence-corrected chi connectivity index (χ3v) is 3.28. The number of imide groups is 1. The van der Waals surface area contributed by atoms with Gasteiger partial charge in [0, 0.05) is 11.4 Å². The van der Waals surface area contributed by atoms with E-state index >= 15 is 0 Å². The molecule has 1 atom stereocenters. The lowest BCUT2D eigenvalue weighted by Gasteiger charge is -2.12. The summed E-state index contributed by atoms with van der Waals surface area (Å²) in [6.45, 7) is 3.90. The second-order valence-corrected chi connectivity index (χ2v) is 4.96. The van der Waals surface area contributed by atoms with Crippen LogP contribution in [0, 0.1) is 0 Å². The molecule has 0 heterocycles. The number of urea groups is 1. The summed E-state index contributed by atoms with van der Waals surface area (Å²) in [5.41, 5.74) is 0. The maximum atomic E-state index is 11.7. The molecule has 98 valence electrons. The first kappa shape index (κ1) is 14.4. The molecule has 0 bridgehead atoms. The maximum Gasteiger partial charge on any atom is 0.321 e. The number of phenols is 1. The fourth-order valence-electron chi connectivity index (χ4n) is 1.22. The van der Waals surface area contributed by atoms with Crippen molar-refractivity contribution in [1.82, 2.24) is 10.6 Å². The van der Waals surface area contributed by atoms with E-state index in [0.717, 1.165) is 0 Å². The lowest BCUT2D eigenvalue weighted by Crippen LogP contribution is -2.42. The predicted molar refractivity (Wildman–Crippen MR) is 70.6 cm³/mol. The van der Waals surface area contributed by atoms with Crippen LogP contribution in [0.4, 0.5) is 4.79 Å². The quantitative estimate of drug-likeness (QED) is 0.726. The standard InChI is InChI=1S/C12H16N2O3S/c1-3-13-12(17)14-11(16)8(2)18-10-7-5-4-6-9(10)15/h4-8,15H,3H2,1-2H3,(H2,13,14,16,17). The molecule has 0 saturated carbocycles. The van der Waals surface area contributed by atoms with Gasteiger partial charge in [-0.15, -0.1) is 11.8 Å². The monoisotopic (exact) mass is 268 g/mol. The summed E-state index contributed by atoms with van der Waals surface area (Å²) < 4.78 is 0. The summed E-state index contributed by atoms with van der Waals surface area (Å²) in [4.78, 5) is 23.5. The van der Waals surface area contributed by atoms with E-state index in [1.54, 1.807) is 38.1 Å². The summed E-state index contributed by atoms with van der Waals surface area (Å²) in [5, 5.41) is 13.8. The van der Waals surface area contributed by atoms with Gasteiger partial charge in [0.1, 0.15) is 5.75 Å². The first-order valence-electron chi connectivity index (χ1n) is 5.58. The van der Waals surface area contributed by atoms with Crippen LogP contribution in [0.5, 0.6) is 5.75 Å². The van der Waals surface area contributed by atoms with E-state index in [-0.39, 0.29) is 5.75 Å². The fourth-order valence-corrected chi connectivity index (χ4v) is 2.11. The molecule has 3 N–H and O–H groups in total. The Morgan fingerprint density at radius 2 is 2.06 bits per heavy atom. The third kappa shape index (κ3) is 4.29. The number of nitrogens with one attached hydrogen (secondary N) is 2. The van der Waals surface area contributed by atoms with Gasteiger partial charge in [-0.3, -0.25) is 10.1 Å². The number of rotatable bonds is 4. The topological polar surface area (TPSA) is 78.4 Å². The van der Waals surface area contributed by atoms with Gasteiger partial charge in [0.2, 0.25) is 5.91 Å². The van der Waals surface area contributed by atoms with Gasteiger partial charge in [-0.25, -0.2) is 4.79 Å². The summed E-state index contributed by atoms with van der Waals surface area (Å²) in [6.07, 6.45) is 0. The molecule has 6 heteroatoms. The first-order chi connectivity index (χ1) is 8.54. The average molecular weight is 268 g/mol. The Labute approximate surface area is 110 Å². The molecule has 1 unspecified atom stereocenters. The molecule has 0 aliphatic rings. The lowest BCUT2D eigenvalue weighted by molar-refractivity contribution is -0.119. The Kier molecular flexibility index (Phi) is 5.51. The molecule has 0 aliphatic heterocycles. The highest BCUT2D eigenvalue weighted by Gasteiger charge is 2.17. The van der Waals surface area contributed by atoms with E-state index in [9.17, 15) is 14.7 Å². The maximum absolute atomic E-state index is 11.7. The van der Waals surface area contributed by atoms with Gasteiger partial charge in [0.25, 0.3) is 0 Å². The molecule has 0 radical (unpaired) electrons. The zero-order chi connectivity index (χ0) is 13.5. The molecule has 1 aromatic carbocycles. The van der Waals surface area contributed by atoms with E-state index in [0.29, 0.717) is 11.4 Å². The van der Waals surface area contributed by atoms with Gasteiger partial charge >= 0.3 is 6.03 Å². The number of amides is 3. The van der Waals surface area contributed by atoms with Gasteiger partial charge in [-0.2, -0.15) is 0 Å². The zero-order valence-electron chi connectivity index (χ0n) is 10.3. The molecule has 18 heavy (non-hydrogen) atoms.